The van der Waals surface area contributed by atoms with Crippen molar-refractivity contribution in [1.29, 1.82) is 5.26 Å². The number of hydrogen-bond donors (Lipinski definition) is 0. The lowest BCUT2D eigenvalue weighted by Gasteiger charge is -2.17. The molecule has 0 saturated carbocycles. The second kappa shape index (κ2) is 3.92. The fourth-order valence-electron chi connectivity index (χ4n) is 2.89. The predicted molar refractivity (Wildman–Crippen MR) is 68.9 cm³/mol. The van der Waals surface area contributed by atoms with Gasteiger partial charge in [-0.1, -0.05) is 13.0 Å². The minimum absolute atomic E-state index is 0.0425. The third kappa shape index (κ3) is 1.54. The molecule has 0 bridgehead atoms. The zero-order valence-electron chi connectivity index (χ0n) is 10.1. The molecule has 0 N–H and O–H groups in total. The number of hydrogen-bond acceptors (Lipinski definition) is 1. The van der Waals surface area contributed by atoms with Crippen LogP contribution in [0, 0.1) is 11.3 Å². The van der Waals surface area contributed by atoms with Crippen molar-refractivity contribution in [3.63, 3.8) is 0 Å². The summed E-state index contributed by atoms with van der Waals surface area (Å²) in [6.07, 6.45) is 5.42. The third-order valence-electron chi connectivity index (χ3n) is 3.77. The fraction of sp³-hybridized carbons (Fsp3) is 0.400. The van der Waals surface area contributed by atoms with E-state index in [2.05, 4.69) is 42.0 Å². The van der Waals surface area contributed by atoms with Crippen LogP contribution >= 0.6 is 0 Å². The van der Waals surface area contributed by atoms with E-state index >= 15 is 0 Å². The summed E-state index contributed by atoms with van der Waals surface area (Å²) in [5, 5.41) is 10.5. The van der Waals surface area contributed by atoms with Crippen LogP contribution in [0.3, 0.4) is 0 Å². The molecule has 1 aliphatic heterocycles. The molecule has 0 saturated heterocycles. The van der Waals surface area contributed by atoms with E-state index in [1.807, 2.05) is 0 Å². The van der Waals surface area contributed by atoms with Crippen molar-refractivity contribution in [3.05, 3.63) is 35.5 Å². The van der Waals surface area contributed by atoms with E-state index in [1.54, 1.807) is 0 Å². The molecule has 2 heterocycles. The van der Waals surface area contributed by atoms with Gasteiger partial charge in [-0.3, -0.25) is 0 Å². The van der Waals surface area contributed by atoms with Crippen LogP contribution in [-0.4, -0.2) is 4.57 Å². The summed E-state index contributed by atoms with van der Waals surface area (Å²) < 4.78 is 2.34. The van der Waals surface area contributed by atoms with Gasteiger partial charge in [0.15, 0.2) is 0 Å². The van der Waals surface area contributed by atoms with Crippen molar-refractivity contribution in [2.24, 2.45) is 0 Å². The Morgan fingerprint density at radius 1 is 1.47 bits per heavy atom. The summed E-state index contributed by atoms with van der Waals surface area (Å²) in [6.45, 7) is 3.21. The molecule has 1 aliphatic rings. The summed E-state index contributed by atoms with van der Waals surface area (Å²) in [5.74, 6) is 0.0425. The lowest BCUT2D eigenvalue weighted by molar-refractivity contribution is 0.635. The largest absolute Gasteiger partial charge is 0.347 e. The smallest absolute Gasteiger partial charge is 0.0710 e. The molecular formula is C15H16N2. The highest BCUT2D eigenvalue weighted by atomic mass is 15.0. The molecule has 0 radical (unpaired) electrons. The fourth-order valence-corrected chi connectivity index (χ4v) is 2.89. The van der Waals surface area contributed by atoms with Crippen LogP contribution in [0.15, 0.2) is 24.4 Å². The molecule has 0 aliphatic carbocycles. The predicted octanol–water partition coefficient (Wildman–Crippen LogP) is 3.60. The van der Waals surface area contributed by atoms with E-state index in [0.717, 1.165) is 19.4 Å². The topological polar surface area (TPSA) is 28.7 Å². The van der Waals surface area contributed by atoms with Crippen molar-refractivity contribution in [3.8, 4) is 6.07 Å². The van der Waals surface area contributed by atoms with E-state index < -0.39 is 0 Å². The van der Waals surface area contributed by atoms with Gasteiger partial charge in [0.25, 0.3) is 0 Å². The van der Waals surface area contributed by atoms with Gasteiger partial charge in [-0.2, -0.15) is 5.26 Å². The summed E-state index contributed by atoms with van der Waals surface area (Å²) >= 11 is 0. The molecule has 2 heteroatoms. The van der Waals surface area contributed by atoms with Gasteiger partial charge in [0.05, 0.1) is 17.5 Å². The first kappa shape index (κ1) is 10.4. The van der Waals surface area contributed by atoms with E-state index in [-0.39, 0.29) is 5.92 Å². The summed E-state index contributed by atoms with van der Waals surface area (Å²) in [7, 11) is 0. The molecule has 0 fully saturated rings. The second-order valence-electron chi connectivity index (χ2n) is 4.82. The Morgan fingerprint density at radius 3 is 3.12 bits per heavy atom. The molecule has 1 atom stereocenters. The average molecular weight is 224 g/mol. The maximum atomic E-state index is 9.18. The highest BCUT2D eigenvalue weighted by Gasteiger charge is 2.16. The second-order valence-corrected chi connectivity index (χ2v) is 4.82. The highest BCUT2D eigenvalue weighted by molar-refractivity contribution is 5.85. The summed E-state index contributed by atoms with van der Waals surface area (Å²) in [6, 6.07) is 9.02. The van der Waals surface area contributed by atoms with E-state index in [1.165, 1.54) is 28.5 Å². The Kier molecular flexibility index (Phi) is 2.40. The van der Waals surface area contributed by atoms with Crippen molar-refractivity contribution < 1.29 is 0 Å². The Balaban J connectivity index is 2.21. The van der Waals surface area contributed by atoms with Crippen LogP contribution < -0.4 is 0 Å². The standard InChI is InChI=1S/C15H16N2/c1-2-11(10-16)14-8-12-4-3-6-17-7-5-13(9-14)15(12)17/h5,7-9,11H,2-4,6H2,1H3. The van der Waals surface area contributed by atoms with E-state index in [0.29, 0.717) is 0 Å². The van der Waals surface area contributed by atoms with Crippen molar-refractivity contribution in [2.75, 3.05) is 0 Å². The molecule has 1 unspecified atom stereocenters. The Labute approximate surface area is 101 Å². The molecule has 0 spiro atoms. The molecule has 1 aromatic heterocycles. The number of rotatable bonds is 2. The normalized spacial score (nSPS) is 15.8. The highest BCUT2D eigenvalue weighted by Crippen LogP contribution is 2.31. The monoisotopic (exact) mass is 224 g/mol. The molecule has 1 aromatic carbocycles. The van der Waals surface area contributed by atoms with Crippen molar-refractivity contribution in [2.45, 2.75) is 38.6 Å². The van der Waals surface area contributed by atoms with E-state index in [9.17, 15) is 5.26 Å². The lowest BCUT2D eigenvalue weighted by Crippen LogP contribution is -2.07. The first-order valence-corrected chi connectivity index (χ1v) is 6.34. The minimum atomic E-state index is 0.0425. The molecule has 2 aromatic rings. The number of nitrogens with zero attached hydrogens (tertiary/aromatic N) is 2. The number of aromatic nitrogens is 1. The molecular weight excluding hydrogens is 208 g/mol. The average Bonchev–Trinajstić information content (AvgIpc) is 2.76. The van der Waals surface area contributed by atoms with Crippen LogP contribution in [0.2, 0.25) is 0 Å². The zero-order chi connectivity index (χ0) is 11.8. The molecule has 86 valence electrons. The molecule has 3 rings (SSSR count). The molecule has 0 amide bonds. The van der Waals surface area contributed by atoms with Gasteiger partial charge < -0.3 is 4.57 Å². The summed E-state index contributed by atoms with van der Waals surface area (Å²) in [5.41, 5.74) is 3.99. The minimum Gasteiger partial charge on any atom is -0.347 e. The third-order valence-corrected chi connectivity index (χ3v) is 3.77. The van der Waals surface area contributed by atoms with Crippen LogP contribution in [0.4, 0.5) is 0 Å². The van der Waals surface area contributed by atoms with Gasteiger partial charge in [-0.15, -0.1) is 0 Å². The van der Waals surface area contributed by atoms with Gasteiger partial charge >= 0.3 is 0 Å². The Hall–Kier alpha value is -1.75. The lowest BCUT2D eigenvalue weighted by atomic mass is 9.92. The SMILES string of the molecule is CCC(C#N)c1cc2c3c(ccn3CCC2)c1. The summed E-state index contributed by atoms with van der Waals surface area (Å²) in [4.78, 5) is 0. The van der Waals surface area contributed by atoms with Crippen molar-refractivity contribution in [1.82, 2.24) is 4.57 Å². The number of aryl methyl sites for hydroxylation is 2. The van der Waals surface area contributed by atoms with Gasteiger partial charge in [-0.25, -0.2) is 0 Å². The van der Waals surface area contributed by atoms with Crippen molar-refractivity contribution >= 4 is 10.9 Å². The van der Waals surface area contributed by atoms with Gasteiger partial charge in [0, 0.05) is 18.1 Å². The zero-order valence-corrected chi connectivity index (χ0v) is 10.1. The first-order chi connectivity index (χ1) is 8.33. The Morgan fingerprint density at radius 2 is 2.35 bits per heavy atom. The maximum Gasteiger partial charge on any atom is 0.0710 e. The van der Waals surface area contributed by atoms with Gasteiger partial charge in [-0.05, 0) is 42.5 Å². The first-order valence-electron chi connectivity index (χ1n) is 6.34. The van der Waals surface area contributed by atoms with Crippen LogP contribution in [0.25, 0.3) is 10.9 Å². The molecule has 17 heavy (non-hydrogen) atoms. The Bertz CT molecular complexity index is 601. The quantitative estimate of drug-likeness (QED) is 0.766. The van der Waals surface area contributed by atoms with E-state index in [4.69, 9.17) is 0 Å². The molecule has 2 nitrogen and oxygen atoms in total. The van der Waals surface area contributed by atoms with Crippen LogP contribution in [0.5, 0.6) is 0 Å². The van der Waals surface area contributed by atoms with Gasteiger partial charge in [0.2, 0.25) is 0 Å². The van der Waals surface area contributed by atoms with Crippen LogP contribution in [0.1, 0.15) is 36.8 Å². The van der Waals surface area contributed by atoms with Gasteiger partial charge in [0.1, 0.15) is 0 Å². The maximum absolute atomic E-state index is 9.18. The number of nitriles is 1. The number of benzene rings is 1. The van der Waals surface area contributed by atoms with Crippen LogP contribution in [-0.2, 0) is 13.0 Å².